The molecule has 37 heavy (non-hydrogen) atoms. The Morgan fingerprint density at radius 2 is 1.73 bits per heavy atom. The number of amides is 1. The number of nitrogen functional groups attached to an aromatic ring is 1. The summed E-state index contributed by atoms with van der Waals surface area (Å²) < 4.78 is 5.48. The van der Waals surface area contributed by atoms with Crippen molar-refractivity contribution in [3.05, 3.63) is 95.2 Å². The molecule has 0 radical (unpaired) electrons. The minimum atomic E-state index is -1.17. The van der Waals surface area contributed by atoms with Gasteiger partial charge in [-0.05, 0) is 43.2 Å². The lowest BCUT2D eigenvalue weighted by Gasteiger charge is -2.20. The maximum atomic E-state index is 13.1. The first-order valence-corrected chi connectivity index (χ1v) is 11.6. The Hall–Kier alpha value is -4.92. The van der Waals surface area contributed by atoms with E-state index in [0.29, 0.717) is 46.3 Å². The summed E-state index contributed by atoms with van der Waals surface area (Å²) in [4.78, 5) is 41.4. The molecule has 1 aromatic heterocycles. The van der Waals surface area contributed by atoms with Crippen LogP contribution in [-0.4, -0.2) is 40.3 Å². The van der Waals surface area contributed by atoms with Crippen molar-refractivity contribution in [3.8, 4) is 5.75 Å². The number of aliphatic carboxylic acids is 1. The number of rotatable bonds is 9. The van der Waals surface area contributed by atoms with E-state index < -0.39 is 18.6 Å². The van der Waals surface area contributed by atoms with Crippen molar-refractivity contribution in [3.63, 3.8) is 0 Å². The van der Waals surface area contributed by atoms with E-state index in [4.69, 9.17) is 15.9 Å². The lowest BCUT2D eigenvalue weighted by Crippen LogP contribution is -2.37. The van der Waals surface area contributed by atoms with Crippen LogP contribution in [0.1, 0.15) is 33.6 Å². The molecule has 4 rings (SSSR count). The Balaban J connectivity index is 1.49. The standard InChI is InChI=1S/C28H26N4O5/c1-17-26(24(33)14-9-18-7-10-19(11-8-18)27(29)30)22-13-12-21(15-23(22)31-17)37-28(36)32(16-25(34)35)20-5-3-2-4-6-20/h2-8,10-13,15,31H,9,14,16H2,1H3,(H3,29,30)(H,34,35). The maximum absolute atomic E-state index is 13.1. The molecule has 188 valence electrons. The SMILES string of the molecule is Cc1[nH]c2cc(OC(=O)N(CC(=O)O)c3ccccc3)ccc2c1C(=O)CCc1ccc(C(=N)N)cc1. The van der Waals surface area contributed by atoms with Crippen LogP contribution in [0.25, 0.3) is 10.9 Å². The summed E-state index contributed by atoms with van der Waals surface area (Å²) in [6.07, 6.45) is 0.00595. The van der Waals surface area contributed by atoms with Gasteiger partial charge in [-0.2, -0.15) is 0 Å². The number of fused-ring (bicyclic) bond motifs is 1. The fourth-order valence-corrected chi connectivity index (χ4v) is 4.13. The monoisotopic (exact) mass is 498 g/mol. The van der Waals surface area contributed by atoms with Crippen LogP contribution in [0, 0.1) is 12.3 Å². The predicted octanol–water partition coefficient (Wildman–Crippen LogP) is 4.67. The Bertz CT molecular complexity index is 1480. The van der Waals surface area contributed by atoms with Gasteiger partial charge in [-0.15, -0.1) is 0 Å². The van der Waals surface area contributed by atoms with Crippen molar-refractivity contribution in [1.82, 2.24) is 4.98 Å². The summed E-state index contributed by atoms with van der Waals surface area (Å²) in [5.41, 5.74) is 9.39. The average Bonchev–Trinajstić information content (AvgIpc) is 3.21. The minimum absolute atomic E-state index is 0.00301. The van der Waals surface area contributed by atoms with Gasteiger partial charge in [0.1, 0.15) is 18.1 Å². The highest BCUT2D eigenvalue weighted by molar-refractivity contribution is 6.09. The average molecular weight is 499 g/mol. The molecule has 0 atom stereocenters. The smallest absolute Gasteiger partial charge is 0.420 e. The summed E-state index contributed by atoms with van der Waals surface area (Å²) in [5.74, 6) is -0.985. The normalized spacial score (nSPS) is 10.7. The van der Waals surface area contributed by atoms with E-state index in [1.807, 2.05) is 19.1 Å². The lowest BCUT2D eigenvalue weighted by atomic mass is 9.99. The van der Waals surface area contributed by atoms with E-state index in [9.17, 15) is 19.5 Å². The van der Waals surface area contributed by atoms with Crippen LogP contribution in [0.3, 0.4) is 0 Å². The largest absolute Gasteiger partial charge is 0.480 e. The number of carboxylic acids is 1. The number of carbonyl (C=O) groups excluding carboxylic acids is 2. The van der Waals surface area contributed by atoms with Gasteiger partial charge in [0.25, 0.3) is 0 Å². The molecule has 0 saturated heterocycles. The first-order chi connectivity index (χ1) is 17.7. The summed E-state index contributed by atoms with van der Waals surface area (Å²) in [7, 11) is 0. The van der Waals surface area contributed by atoms with Gasteiger partial charge in [-0.1, -0.05) is 42.5 Å². The number of H-pyrrole nitrogens is 1. The van der Waals surface area contributed by atoms with Crippen molar-refractivity contribution < 1.29 is 24.2 Å². The molecular weight excluding hydrogens is 472 g/mol. The van der Waals surface area contributed by atoms with Crippen LogP contribution in [0.5, 0.6) is 5.75 Å². The third-order valence-corrected chi connectivity index (χ3v) is 5.93. The highest BCUT2D eigenvalue weighted by atomic mass is 16.6. The summed E-state index contributed by atoms with van der Waals surface area (Å²) in [5, 5.41) is 17.4. The molecule has 0 fully saturated rings. The second-order valence-electron chi connectivity index (χ2n) is 8.55. The molecular formula is C28H26N4O5. The van der Waals surface area contributed by atoms with E-state index in [1.165, 1.54) is 0 Å². The van der Waals surface area contributed by atoms with Gasteiger partial charge < -0.3 is 20.6 Å². The van der Waals surface area contributed by atoms with Crippen molar-refractivity contribution in [2.24, 2.45) is 5.73 Å². The summed E-state index contributed by atoms with van der Waals surface area (Å²) in [6, 6.07) is 20.5. The van der Waals surface area contributed by atoms with Gasteiger partial charge >= 0.3 is 12.1 Å². The predicted molar refractivity (Wildman–Crippen MR) is 141 cm³/mol. The number of carboxylic acid groups (broad SMARTS) is 1. The summed E-state index contributed by atoms with van der Waals surface area (Å²) in [6.45, 7) is 1.26. The molecule has 0 spiro atoms. The van der Waals surface area contributed by atoms with Gasteiger partial charge in [0.05, 0.1) is 5.52 Å². The van der Waals surface area contributed by atoms with E-state index in [1.54, 1.807) is 60.7 Å². The number of nitrogens with two attached hydrogens (primary N) is 1. The zero-order valence-electron chi connectivity index (χ0n) is 20.2. The number of para-hydroxylation sites is 1. The highest BCUT2D eigenvalue weighted by Gasteiger charge is 2.22. The molecule has 0 aliphatic heterocycles. The number of aromatic amines is 1. The molecule has 4 aromatic rings. The van der Waals surface area contributed by atoms with Crippen LogP contribution in [0.2, 0.25) is 0 Å². The molecule has 1 amide bonds. The van der Waals surface area contributed by atoms with Crippen molar-refractivity contribution in [2.75, 3.05) is 11.4 Å². The lowest BCUT2D eigenvalue weighted by molar-refractivity contribution is -0.135. The zero-order valence-corrected chi connectivity index (χ0v) is 20.2. The third kappa shape index (κ3) is 5.84. The molecule has 0 aliphatic rings. The van der Waals surface area contributed by atoms with Crippen LogP contribution < -0.4 is 15.4 Å². The fraction of sp³-hybridized carbons (Fsp3) is 0.143. The van der Waals surface area contributed by atoms with Gasteiger partial charge in [-0.25, -0.2) is 4.79 Å². The first kappa shape index (κ1) is 25.2. The molecule has 0 unspecified atom stereocenters. The topological polar surface area (TPSA) is 150 Å². The molecule has 9 heteroatoms. The van der Waals surface area contributed by atoms with Crippen LogP contribution in [-0.2, 0) is 11.2 Å². The first-order valence-electron chi connectivity index (χ1n) is 11.6. The number of ketones is 1. The van der Waals surface area contributed by atoms with Gasteiger partial charge in [-0.3, -0.25) is 19.9 Å². The number of anilines is 1. The third-order valence-electron chi connectivity index (χ3n) is 5.93. The Morgan fingerprint density at radius 1 is 1.03 bits per heavy atom. The number of amidine groups is 1. The molecule has 9 nitrogen and oxygen atoms in total. The Morgan fingerprint density at radius 3 is 2.38 bits per heavy atom. The molecule has 3 aromatic carbocycles. The van der Waals surface area contributed by atoms with Gasteiger partial charge in [0.2, 0.25) is 0 Å². The quantitative estimate of drug-likeness (QED) is 0.150. The molecule has 0 saturated carbocycles. The number of hydrogen-bond acceptors (Lipinski definition) is 5. The van der Waals surface area contributed by atoms with Crippen LogP contribution in [0.4, 0.5) is 10.5 Å². The molecule has 5 N–H and O–H groups in total. The number of hydrogen-bond donors (Lipinski definition) is 4. The summed E-state index contributed by atoms with van der Waals surface area (Å²) >= 11 is 0. The zero-order chi connectivity index (χ0) is 26.5. The number of benzene rings is 3. The number of Topliss-reactive ketones (excluding diaryl/α,β-unsaturated/α-hetero) is 1. The van der Waals surface area contributed by atoms with Gasteiger partial charge in [0.15, 0.2) is 5.78 Å². The number of ether oxygens (including phenoxy) is 1. The second kappa shape index (κ2) is 10.8. The number of nitrogens with zero attached hydrogens (tertiary/aromatic N) is 1. The van der Waals surface area contributed by atoms with Crippen molar-refractivity contribution >= 4 is 40.3 Å². The minimum Gasteiger partial charge on any atom is -0.480 e. The molecule has 1 heterocycles. The number of nitrogens with one attached hydrogen (secondary N) is 2. The van der Waals surface area contributed by atoms with Gasteiger partial charge in [0, 0.05) is 40.4 Å². The van der Waals surface area contributed by atoms with E-state index in [0.717, 1.165) is 10.5 Å². The van der Waals surface area contributed by atoms with E-state index in [-0.39, 0.29) is 17.4 Å². The van der Waals surface area contributed by atoms with E-state index >= 15 is 0 Å². The number of aromatic nitrogens is 1. The van der Waals surface area contributed by atoms with Crippen molar-refractivity contribution in [1.29, 1.82) is 5.41 Å². The Labute approximate surface area is 213 Å². The molecule has 0 aliphatic carbocycles. The number of carbonyl (C=O) groups is 3. The van der Waals surface area contributed by atoms with E-state index in [2.05, 4.69) is 4.98 Å². The van der Waals surface area contributed by atoms with Crippen LogP contribution >= 0.6 is 0 Å². The number of aryl methyl sites for hydroxylation is 2. The second-order valence-corrected chi connectivity index (χ2v) is 8.55. The maximum Gasteiger partial charge on any atom is 0.420 e. The fourth-order valence-electron chi connectivity index (χ4n) is 4.13. The molecule has 0 bridgehead atoms. The van der Waals surface area contributed by atoms with Crippen molar-refractivity contribution in [2.45, 2.75) is 19.8 Å². The van der Waals surface area contributed by atoms with Crippen LogP contribution in [0.15, 0.2) is 72.8 Å². The highest BCUT2D eigenvalue weighted by Crippen LogP contribution is 2.28. The Kier molecular flexibility index (Phi) is 7.34.